The number of alkyl halides is 3. The second-order valence-corrected chi connectivity index (χ2v) is 1.05. The first kappa shape index (κ1) is 22.8. The molecule has 0 aromatic heterocycles. The summed E-state index contributed by atoms with van der Waals surface area (Å²) in [6, 6.07) is 0. The van der Waals surface area contributed by atoms with Crippen molar-refractivity contribution < 1.29 is 34.4 Å². The summed E-state index contributed by atoms with van der Waals surface area (Å²) < 4.78 is 32.5. The predicted molar refractivity (Wildman–Crippen MR) is 27.6 cm³/mol. The van der Waals surface area contributed by atoms with Crippen molar-refractivity contribution in [2.24, 2.45) is 0 Å². The Hall–Kier alpha value is -0.660. The zero-order valence-corrected chi connectivity index (χ0v) is 5.04. The lowest BCUT2D eigenvalue weighted by Gasteiger charge is -1.95. The minimum atomic E-state index is -4.64. The lowest BCUT2D eigenvalue weighted by molar-refractivity contribution is -0.168. The van der Waals surface area contributed by atoms with Gasteiger partial charge in [-0.15, -0.1) is 0 Å². The van der Waals surface area contributed by atoms with Crippen molar-refractivity contribution >= 4 is 5.78 Å². The van der Waals surface area contributed by atoms with Gasteiger partial charge in [0, 0.05) is 6.92 Å². The number of hydrogen-bond acceptors (Lipinski definition) is 1. The number of hydrogen-bond donors (Lipinski definition) is 0. The van der Waals surface area contributed by atoms with Gasteiger partial charge >= 0.3 is 6.18 Å². The van der Waals surface area contributed by atoms with Crippen LogP contribution >= 0.6 is 0 Å². The lowest BCUT2D eigenvalue weighted by atomic mass is 10.5. The summed E-state index contributed by atoms with van der Waals surface area (Å²) in [5, 5.41) is 0. The van der Waals surface area contributed by atoms with Crippen molar-refractivity contribution in [2.75, 3.05) is 0 Å². The Morgan fingerprint density at radius 2 is 1.20 bits per heavy atom. The second-order valence-electron chi connectivity index (χ2n) is 1.05. The van der Waals surface area contributed by atoms with Crippen LogP contribution in [-0.2, 0) is 4.79 Å². The maximum atomic E-state index is 10.8. The molecule has 0 unspecified atom stereocenters. The normalized spacial score (nSPS) is 8.00. The quantitative estimate of drug-likeness (QED) is 0.435. The van der Waals surface area contributed by atoms with Crippen LogP contribution in [0.3, 0.4) is 0 Å². The minimum absolute atomic E-state index is 0. The maximum Gasteiger partial charge on any atom is 0.449 e. The first-order chi connectivity index (χ1) is 2.94. The average molecular weight is 166 g/mol. The van der Waals surface area contributed by atoms with E-state index in [9.17, 15) is 18.0 Å². The van der Waals surface area contributed by atoms with Crippen LogP contribution in [-0.4, -0.2) is 28.4 Å². The first-order valence-electron chi connectivity index (χ1n) is 1.52. The highest BCUT2D eigenvalue weighted by Gasteiger charge is 2.33. The Kier molecular flexibility index (Phi) is 14.7. The van der Waals surface area contributed by atoms with Gasteiger partial charge in [-0.1, -0.05) is 0 Å². The van der Waals surface area contributed by atoms with E-state index in [0.717, 1.165) is 0 Å². The molecule has 0 atom stereocenters. The van der Waals surface area contributed by atoms with Gasteiger partial charge in [-0.05, 0) is 0 Å². The second kappa shape index (κ2) is 6.46. The predicted octanol–water partition coefficient (Wildman–Crippen LogP) is -1.34. The van der Waals surface area contributed by atoms with Gasteiger partial charge in [0.2, 0.25) is 5.78 Å². The molecular weight excluding hydrogens is 157 g/mol. The zero-order valence-electron chi connectivity index (χ0n) is 5.04. The van der Waals surface area contributed by atoms with E-state index in [4.69, 9.17) is 0 Å². The van der Waals surface area contributed by atoms with E-state index >= 15 is 0 Å². The van der Waals surface area contributed by atoms with Gasteiger partial charge in [0.15, 0.2) is 0 Å². The molecule has 4 nitrogen and oxygen atoms in total. The Balaban J connectivity index is -0.0000000600. The molecule has 7 heteroatoms. The van der Waals surface area contributed by atoms with E-state index in [0.29, 0.717) is 6.92 Å². The van der Waals surface area contributed by atoms with Crippen molar-refractivity contribution in [3.8, 4) is 0 Å². The van der Waals surface area contributed by atoms with Gasteiger partial charge in [0.05, 0.1) is 0 Å². The largest absolute Gasteiger partial charge is 0.449 e. The molecule has 0 aliphatic carbocycles. The molecule has 0 saturated heterocycles. The molecule has 6 N–H and O–H groups in total. The lowest BCUT2D eigenvalue weighted by Crippen LogP contribution is -2.18. The van der Waals surface area contributed by atoms with Gasteiger partial charge in [-0.3, -0.25) is 4.79 Å². The molecule has 0 spiro atoms. The van der Waals surface area contributed by atoms with E-state index in [1.54, 1.807) is 0 Å². The summed E-state index contributed by atoms with van der Waals surface area (Å²) in [6.45, 7) is 0.486. The molecule has 0 saturated carbocycles. The molecule has 0 aromatic carbocycles. The van der Waals surface area contributed by atoms with Crippen LogP contribution in [0.25, 0.3) is 0 Å². The van der Waals surface area contributed by atoms with Gasteiger partial charge in [-0.2, -0.15) is 13.2 Å². The third kappa shape index (κ3) is 10.3. The fourth-order valence-electron chi connectivity index (χ4n) is 0. The summed E-state index contributed by atoms with van der Waals surface area (Å²) in [5.41, 5.74) is 0. The summed E-state index contributed by atoms with van der Waals surface area (Å²) in [6.07, 6.45) is -4.64. The average Bonchev–Trinajstić information content (AvgIpc) is 1.31. The zero-order chi connectivity index (χ0) is 6.08. The molecule has 0 aromatic rings. The van der Waals surface area contributed by atoms with Crippen LogP contribution in [0.4, 0.5) is 13.2 Å². The number of rotatable bonds is 0. The van der Waals surface area contributed by atoms with E-state index in [-0.39, 0.29) is 16.4 Å². The molecule has 0 aliphatic rings. The van der Waals surface area contributed by atoms with Crippen LogP contribution in [0, 0.1) is 0 Å². The van der Waals surface area contributed by atoms with E-state index in [2.05, 4.69) is 0 Å². The maximum absolute atomic E-state index is 10.8. The van der Waals surface area contributed by atoms with Crippen LogP contribution in [0.1, 0.15) is 6.92 Å². The highest BCUT2D eigenvalue weighted by Crippen LogP contribution is 2.14. The van der Waals surface area contributed by atoms with E-state index < -0.39 is 12.0 Å². The topological polar surface area (TPSA) is 112 Å². The van der Waals surface area contributed by atoms with Crippen LogP contribution in [0.2, 0.25) is 0 Å². The molecule has 0 radical (unpaired) electrons. The number of halogens is 3. The summed E-state index contributed by atoms with van der Waals surface area (Å²) >= 11 is 0. The number of Topliss-reactive ketones (excluding diaryl/α,β-unsaturated/α-hetero) is 1. The van der Waals surface area contributed by atoms with Gasteiger partial charge in [-0.25, -0.2) is 0 Å². The molecular formula is C3H9F3O4. The molecule has 0 rings (SSSR count). The summed E-state index contributed by atoms with van der Waals surface area (Å²) in [4.78, 5) is 9.34. The van der Waals surface area contributed by atoms with Crippen molar-refractivity contribution in [3.63, 3.8) is 0 Å². The third-order valence-corrected chi connectivity index (χ3v) is 0.399. The fourth-order valence-corrected chi connectivity index (χ4v) is 0. The number of carbonyl (C=O) groups excluding carboxylic acids is 1. The highest BCUT2D eigenvalue weighted by atomic mass is 19.4. The molecule has 0 aliphatic heterocycles. The van der Waals surface area contributed by atoms with Crippen molar-refractivity contribution in [1.82, 2.24) is 0 Å². The molecule has 0 fully saturated rings. The Morgan fingerprint density at radius 3 is 1.20 bits per heavy atom. The molecule has 66 valence electrons. The SMILES string of the molecule is CC(=O)C(F)(F)F.O.O.O. The van der Waals surface area contributed by atoms with E-state index in [1.807, 2.05) is 0 Å². The van der Waals surface area contributed by atoms with Crippen molar-refractivity contribution in [1.29, 1.82) is 0 Å². The smallest absolute Gasteiger partial charge is 0.412 e. The first-order valence-corrected chi connectivity index (χ1v) is 1.52. The molecule has 0 amide bonds. The van der Waals surface area contributed by atoms with Gasteiger partial charge in [0.1, 0.15) is 0 Å². The Bertz CT molecular complexity index is 88.2. The summed E-state index contributed by atoms with van der Waals surface area (Å²) in [5.74, 6) is -1.76. The monoisotopic (exact) mass is 166 g/mol. The Morgan fingerprint density at radius 1 is 1.10 bits per heavy atom. The van der Waals surface area contributed by atoms with Crippen molar-refractivity contribution in [3.05, 3.63) is 0 Å². The van der Waals surface area contributed by atoms with Crippen molar-refractivity contribution in [2.45, 2.75) is 13.1 Å². The minimum Gasteiger partial charge on any atom is -0.412 e. The number of ketones is 1. The third-order valence-electron chi connectivity index (χ3n) is 0.399. The standard InChI is InChI=1S/C3H3F3O.3H2O/c1-2(7)3(4,5)6;;;/h1H3;3*1H2. The molecule has 0 bridgehead atoms. The van der Waals surface area contributed by atoms with Crippen LogP contribution in [0.15, 0.2) is 0 Å². The fraction of sp³-hybridized carbons (Fsp3) is 0.667. The molecule has 10 heavy (non-hydrogen) atoms. The molecule has 0 heterocycles. The van der Waals surface area contributed by atoms with E-state index in [1.165, 1.54) is 0 Å². The summed E-state index contributed by atoms with van der Waals surface area (Å²) in [7, 11) is 0. The van der Waals surface area contributed by atoms with Gasteiger partial charge < -0.3 is 16.4 Å². The van der Waals surface area contributed by atoms with Crippen LogP contribution in [0.5, 0.6) is 0 Å². The highest BCUT2D eigenvalue weighted by molar-refractivity contribution is 5.81. The number of carbonyl (C=O) groups is 1. The van der Waals surface area contributed by atoms with Crippen LogP contribution < -0.4 is 0 Å². The van der Waals surface area contributed by atoms with Gasteiger partial charge in [0.25, 0.3) is 0 Å². The Labute approximate surface area is 54.6 Å².